The highest BCUT2D eigenvalue weighted by atomic mass is 32.2. The van der Waals surface area contributed by atoms with Gasteiger partial charge < -0.3 is 10.6 Å². The lowest BCUT2D eigenvalue weighted by Crippen LogP contribution is -2.54. The average Bonchev–Trinajstić information content (AvgIpc) is 2.52. The number of likely N-dealkylation sites (N-methyl/N-ethyl adjacent to an activating group) is 1. The molecule has 0 spiro atoms. The number of rotatable bonds is 9. The zero-order chi connectivity index (χ0) is 19.0. The second-order valence-electron chi connectivity index (χ2n) is 6.44. The number of hydrogen-bond donors (Lipinski definition) is 3. The Hall–Kier alpha value is -1.93. The molecule has 1 aromatic rings. The quantitative estimate of drug-likeness (QED) is 0.587. The molecule has 0 saturated heterocycles. The van der Waals surface area contributed by atoms with Crippen LogP contribution in [0.5, 0.6) is 0 Å². The maximum atomic E-state index is 12.6. The van der Waals surface area contributed by atoms with E-state index in [1.54, 1.807) is 0 Å². The largest absolute Gasteiger partial charge is 0.357 e. The fraction of sp³-hybridized carbons (Fsp3) is 0.529. The predicted octanol–water partition coefficient (Wildman–Crippen LogP) is 0.424. The summed E-state index contributed by atoms with van der Waals surface area (Å²) in [6.45, 7) is 3.79. The van der Waals surface area contributed by atoms with Crippen molar-refractivity contribution in [3.63, 3.8) is 0 Å². The first-order valence-corrected chi connectivity index (χ1v) is 10.0. The van der Waals surface area contributed by atoms with E-state index in [1.807, 2.05) is 44.2 Å². The smallest absolute Gasteiger partial charge is 0.242 e. The number of hydrogen-bond acceptors (Lipinski definition) is 4. The van der Waals surface area contributed by atoms with Gasteiger partial charge in [-0.05, 0) is 17.9 Å². The number of carbonyl (C=O) groups is 2. The van der Waals surface area contributed by atoms with E-state index in [-0.39, 0.29) is 11.8 Å². The molecule has 0 aliphatic rings. The highest BCUT2D eigenvalue weighted by Gasteiger charge is 2.27. The van der Waals surface area contributed by atoms with Gasteiger partial charge in [0.15, 0.2) is 0 Å². The molecular formula is C17H27N3O4S. The van der Waals surface area contributed by atoms with Gasteiger partial charge in [0.25, 0.3) is 0 Å². The molecule has 0 saturated carbocycles. The Labute approximate surface area is 149 Å². The van der Waals surface area contributed by atoms with E-state index < -0.39 is 28.0 Å². The van der Waals surface area contributed by atoms with Crippen LogP contribution >= 0.6 is 0 Å². The fourth-order valence-corrected chi connectivity index (χ4v) is 3.16. The fourth-order valence-electron chi connectivity index (χ4n) is 2.44. The summed E-state index contributed by atoms with van der Waals surface area (Å²) >= 11 is 0. The molecule has 1 aromatic carbocycles. The average molecular weight is 369 g/mol. The summed E-state index contributed by atoms with van der Waals surface area (Å²) in [7, 11) is -2.05. The van der Waals surface area contributed by atoms with Gasteiger partial charge in [0.1, 0.15) is 12.1 Å². The molecule has 0 radical (unpaired) electrons. The summed E-state index contributed by atoms with van der Waals surface area (Å²) in [4.78, 5) is 24.7. The van der Waals surface area contributed by atoms with Crippen LogP contribution < -0.4 is 15.4 Å². The van der Waals surface area contributed by atoms with Gasteiger partial charge >= 0.3 is 0 Å². The summed E-state index contributed by atoms with van der Waals surface area (Å²) < 4.78 is 25.4. The topological polar surface area (TPSA) is 104 Å². The molecule has 1 rings (SSSR count). The highest BCUT2D eigenvalue weighted by Crippen LogP contribution is 2.08. The molecule has 2 amide bonds. The SMILES string of the molecule is CNC(=O)[C@H](Cc1ccccc1)NC(=O)[C@H](CC(C)C)NS(C)(=O)=O. The van der Waals surface area contributed by atoms with E-state index in [4.69, 9.17) is 0 Å². The van der Waals surface area contributed by atoms with Gasteiger partial charge in [0.2, 0.25) is 21.8 Å². The summed E-state index contributed by atoms with van der Waals surface area (Å²) in [6, 6.07) is 7.60. The van der Waals surface area contributed by atoms with Crippen LogP contribution in [0.15, 0.2) is 30.3 Å². The second kappa shape index (κ2) is 9.53. The van der Waals surface area contributed by atoms with Crippen LogP contribution in [0.2, 0.25) is 0 Å². The molecule has 0 fully saturated rings. The third-order valence-corrected chi connectivity index (χ3v) is 4.25. The highest BCUT2D eigenvalue weighted by molar-refractivity contribution is 7.88. The lowest BCUT2D eigenvalue weighted by atomic mass is 10.0. The predicted molar refractivity (Wildman–Crippen MR) is 97.4 cm³/mol. The molecular weight excluding hydrogens is 342 g/mol. The molecule has 0 aromatic heterocycles. The minimum Gasteiger partial charge on any atom is -0.357 e. The second-order valence-corrected chi connectivity index (χ2v) is 8.22. The number of carbonyl (C=O) groups excluding carboxylic acids is 2. The van der Waals surface area contributed by atoms with Crippen molar-refractivity contribution >= 4 is 21.8 Å². The Morgan fingerprint density at radius 3 is 2.12 bits per heavy atom. The van der Waals surface area contributed by atoms with Crippen LogP contribution in [0.25, 0.3) is 0 Å². The third kappa shape index (κ3) is 8.13. The van der Waals surface area contributed by atoms with Gasteiger partial charge in [-0.1, -0.05) is 44.2 Å². The first-order chi connectivity index (χ1) is 11.6. The normalized spacial score (nSPS) is 14.0. The molecule has 140 valence electrons. The maximum Gasteiger partial charge on any atom is 0.242 e. The summed E-state index contributed by atoms with van der Waals surface area (Å²) in [6.07, 6.45) is 1.66. The molecule has 8 heteroatoms. The van der Waals surface area contributed by atoms with Crippen LogP contribution in [-0.2, 0) is 26.0 Å². The van der Waals surface area contributed by atoms with Crippen LogP contribution in [0, 0.1) is 5.92 Å². The van der Waals surface area contributed by atoms with E-state index >= 15 is 0 Å². The lowest BCUT2D eigenvalue weighted by molar-refractivity contribution is -0.129. The van der Waals surface area contributed by atoms with Crippen molar-refractivity contribution in [2.24, 2.45) is 5.92 Å². The molecule has 7 nitrogen and oxygen atoms in total. The molecule has 0 aliphatic carbocycles. The van der Waals surface area contributed by atoms with Crippen molar-refractivity contribution in [3.05, 3.63) is 35.9 Å². The standard InChI is InChI=1S/C17H27N3O4S/c1-12(2)10-15(20-25(4,23)24)17(22)19-14(16(21)18-3)11-13-8-6-5-7-9-13/h5-9,12,14-15,20H,10-11H2,1-4H3,(H,18,21)(H,19,22)/t14-,15-/m0/s1. The summed E-state index contributed by atoms with van der Waals surface area (Å²) in [5.41, 5.74) is 0.896. The maximum absolute atomic E-state index is 12.6. The number of nitrogens with one attached hydrogen (secondary N) is 3. The van der Waals surface area contributed by atoms with Crippen LogP contribution in [0.4, 0.5) is 0 Å². The molecule has 25 heavy (non-hydrogen) atoms. The Balaban J connectivity index is 2.91. The Morgan fingerprint density at radius 2 is 1.64 bits per heavy atom. The van der Waals surface area contributed by atoms with Gasteiger partial charge in [-0.3, -0.25) is 9.59 Å². The summed E-state index contributed by atoms with van der Waals surface area (Å²) in [5.74, 6) is -0.735. The van der Waals surface area contributed by atoms with Crippen LogP contribution in [0.1, 0.15) is 25.8 Å². The number of benzene rings is 1. The molecule has 0 aliphatic heterocycles. The molecule has 2 atom stereocenters. The van der Waals surface area contributed by atoms with Gasteiger partial charge in [0.05, 0.1) is 6.26 Å². The van der Waals surface area contributed by atoms with Crippen molar-refractivity contribution in [1.29, 1.82) is 0 Å². The van der Waals surface area contributed by atoms with Crippen molar-refractivity contribution in [1.82, 2.24) is 15.4 Å². The van der Waals surface area contributed by atoms with Crippen molar-refractivity contribution in [2.75, 3.05) is 13.3 Å². The molecule has 0 bridgehead atoms. The van der Waals surface area contributed by atoms with E-state index in [1.165, 1.54) is 7.05 Å². The van der Waals surface area contributed by atoms with Crippen molar-refractivity contribution < 1.29 is 18.0 Å². The third-order valence-electron chi connectivity index (χ3n) is 3.54. The van der Waals surface area contributed by atoms with Gasteiger partial charge in [-0.2, -0.15) is 0 Å². The van der Waals surface area contributed by atoms with Gasteiger partial charge in [-0.25, -0.2) is 13.1 Å². The zero-order valence-corrected chi connectivity index (χ0v) is 15.9. The van der Waals surface area contributed by atoms with E-state index in [0.29, 0.717) is 12.8 Å². The van der Waals surface area contributed by atoms with Gasteiger partial charge in [0, 0.05) is 13.5 Å². The summed E-state index contributed by atoms with van der Waals surface area (Å²) in [5, 5.41) is 5.19. The van der Waals surface area contributed by atoms with Crippen molar-refractivity contribution in [3.8, 4) is 0 Å². The van der Waals surface area contributed by atoms with Gasteiger partial charge in [-0.15, -0.1) is 0 Å². The number of sulfonamides is 1. The first-order valence-electron chi connectivity index (χ1n) is 8.15. The minimum absolute atomic E-state index is 0.109. The monoisotopic (exact) mass is 369 g/mol. The van der Waals surface area contributed by atoms with Crippen LogP contribution in [0.3, 0.4) is 0 Å². The minimum atomic E-state index is -3.55. The van der Waals surface area contributed by atoms with E-state index in [2.05, 4.69) is 15.4 Å². The van der Waals surface area contributed by atoms with E-state index in [9.17, 15) is 18.0 Å². The zero-order valence-electron chi connectivity index (χ0n) is 15.1. The molecule has 0 unspecified atom stereocenters. The Bertz CT molecular complexity index is 674. The lowest BCUT2D eigenvalue weighted by Gasteiger charge is -2.23. The Kier molecular flexibility index (Phi) is 8.05. The Morgan fingerprint density at radius 1 is 1.04 bits per heavy atom. The van der Waals surface area contributed by atoms with Crippen LogP contribution in [-0.4, -0.2) is 45.6 Å². The molecule has 0 heterocycles. The molecule has 3 N–H and O–H groups in total. The number of amides is 2. The first kappa shape index (κ1) is 21.1. The van der Waals surface area contributed by atoms with Crippen molar-refractivity contribution in [2.45, 2.75) is 38.8 Å². The van der Waals surface area contributed by atoms with E-state index in [0.717, 1.165) is 11.8 Å².